The molecule has 0 spiro atoms. The van der Waals surface area contributed by atoms with E-state index in [-0.39, 0.29) is 57.4 Å². The van der Waals surface area contributed by atoms with Gasteiger partial charge in [-0.15, -0.1) is 11.3 Å². The molecule has 5 rings (SSSR count). The van der Waals surface area contributed by atoms with E-state index in [9.17, 15) is 45.4 Å². The van der Waals surface area contributed by atoms with Crippen molar-refractivity contribution in [1.29, 1.82) is 0 Å². The van der Waals surface area contributed by atoms with Crippen molar-refractivity contribution in [2.75, 3.05) is 13.1 Å². The summed E-state index contributed by atoms with van der Waals surface area (Å²) in [6.45, 7) is 1.56. The number of carboxylic acid groups (broad SMARTS) is 1. The van der Waals surface area contributed by atoms with Crippen LogP contribution in [-0.4, -0.2) is 62.4 Å². The van der Waals surface area contributed by atoms with Gasteiger partial charge in [0.1, 0.15) is 22.1 Å². The van der Waals surface area contributed by atoms with E-state index in [1.807, 2.05) is 0 Å². The number of pyridine rings is 1. The van der Waals surface area contributed by atoms with Crippen LogP contribution in [0, 0.1) is 5.82 Å². The summed E-state index contributed by atoms with van der Waals surface area (Å²) in [4.78, 5) is 45.9. The molecule has 1 aromatic carbocycles. The minimum Gasteiger partial charge on any atom is -0.481 e. The lowest BCUT2D eigenvalue weighted by molar-refractivity contribution is -0.163. The number of hydrogen-bond acceptors (Lipinski definition) is 6. The number of thiophene rings is 1. The highest BCUT2D eigenvalue weighted by Crippen LogP contribution is 2.45. The van der Waals surface area contributed by atoms with Gasteiger partial charge in [-0.3, -0.25) is 19.4 Å². The van der Waals surface area contributed by atoms with Crippen LogP contribution in [0.2, 0.25) is 0 Å². The predicted molar refractivity (Wildman–Crippen MR) is 162 cm³/mol. The van der Waals surface area contributed by atoms with E-state index in [0.717, 1.165) is 28.6 Å². The van der Waals surface area contributed by atoms with Crippen molar-refractivity contribution in [2.45, 2.75) is 81.9 Å². The fourth-order valence-corrected chi connectivity index (χ4v) is 7.49. The fourth-order valence-electron chi connectivity index (χ4n) is 6.81. The van der Waals surface area contributed by atoms with Crippen molar-refractivity contribution < 1.29 is 55.0 Å². The average molecular weight is 716 g/mol. The molecule has 2 aromatic heterocycles. The first-order valence-corrected chi connectivity index (χ1v) is 16.4. The Morgan fingerprint density at radius 1 is 1.04 bits per heavy atom. The molecule has 3 aromatic rings. The van der Waals surface area contributed by atoms with E-state index >= 15 is 4.79 Å². The first-order valence-electron chi connectivity index (χ1n) is 15.6. The number of nitrogens with zero attached hydrogens (tertiary/aromatic N) is 3. The Hall–Kier alpha value is -4.21. The van der Waals surface area contributed by atoms with Crippen LogP contribution in [-0.2, 0) is 28.4 Å². The predicted octanol–water partition coefficient (Wildman–Crippen LogP) is 7.53. The fraction of sp³-hybridized carbons (Fsp3) is 0.455. The molecule has 0 bridgehead atoms. The van der Waals surface area contributed by atoms with Crippen LogP contribution in [0.25, 0.3) is 0 Å². The Bertz CT molecular complexity index is 1710. The van der Waals surface area contributed by atoms with E-state index < -0.39 is 69.8 Å². The van der Waals surface area contributed by atoms with Gasteiger partial charge in [0.25, 0.3) is 11.8 Å². The number of aromatic nitrogens is 1. The minimum atomic E-state index is -4.94. The maximum absolute atomic E-state index is 15.1. The molecule has 264 valence electrons. The summed E-state index contributed by atoms with van der Waals surface area (Å²) in [6, 6.07) is 4.18. The summed E-state index contributed by atoms with van der Waals surface area (Å²) in [5.41, 5.74) is -3.27. The van der Waals surface area contributed by atoms with Crippen LogP contribution in [0.15, 0.2) is 48.0 Å². The summed E-state index contributed by atoms with van der Waals surface area (Å²) >= 11 is 0.327. The van der Waals surface area contributed by atoms with Gasteiger partial charge in [0.05, 0.1) is 17.6 Å². The van der Waals surface area contributed by atoms with Gasteiger partial charge < -0.3 is 19.6 Å². The number of alkyl halides is 6. The minimum absolute atomic E-state index is 0.0113. The summed E-state index contributed by atoms with van der Waals surface area (Å²) < 4.78 is 103. The van der Waals surface area contributed by atoms with Crippen molar-refractivity contribution in [3.8, 4) is 5.75 Å². The van der Waals surface area contributed by atoms with Crippen LogP contribution < -0.4 is 4.74 Å². The second kappa shape index (κ2) is 14.0. The smallest absolute Gasteiger partial charge is 0.425 e. The number of hydrogen-bond donors (Lipinski definition) is 1. The van der Waals surface area contributed by atoms with Crippen LogP contribution in [0.3, 0.4) is 0 Å². The van der Waals surface area contributed by atoms with Gasteiger partial charge in [0.2, 0.25) is 5.60 Å². The normalized spacial score (nSPS) is 21.3. The molecule has 2 amide bonds. The average Bonchev–Trinajstić information content (AvgIpc) is 3.52. The van der Waals surface area contributed by atoms with E-state index in [4.69, 9.17) is 4.74 Å². The number of amides is 2. The number of aliphatic carboxylic acids is 1. The van der Waals surface area contributed by atoms with Gasteiger partial charge in [-0.2, -0.15) is 26.3 Å². The topological polar surface area (TPSA) is 100 Å². The number of carbonyl (C=O) groups is 3. The van der Waals surface area contributed by atoms with Crippen LogP contribution in [0.5, 0.6) is 5.75 Å². The van der Waals surface area contributed by atoms with E-state index in [2.05, 4.69) is 4.98 Å². The van der Waals surface area contributed by atoms with Crippen LogP contribution in [0.1, 0.15) is 83.5 Å². The molecule has 0 aliphatic carbocycles. The molecule has 16 heteroatoms. The summed E-state index contributed by atoms with van der Waals surface area (Å²) in [5.74, 6) is -3.93. The number of halogens is 7. The standard InChI is InChI=1S/C33H32F7N3O5S/c1-2-5-25-31(48-21-17-26(49-18-21)33(38,39)40,12-4-14-43(25)29(46)28-23(32(35,36)37)6-3-13-41-28)30(47)42-15-11-19-16-20(34)7-8-22(19)24(42)9-10-27(44)45/h3,6-8,13,16-18,24-25H,2,4-5,9-12,14-15H2,1H3,(H,44,45)/t24-,25+,31-/m0/s1. The molecule has 1 fully saturated rings. The first kappa shape index (κ1) is 36.1. The Labute approximate surface area is 280 Å². The number of carboxylic acids is 1. The highest BCUT2D eigenvalue weighted by Gasteiger charge is 2.57. The van der Waals surface area contributed by atoms with Crippen LogP contribution in [0.4, 0.5) is 30.7 Å². The lowest BCUT2D eigenvalue weighted by Gasteiger charge is -2.51. The van der Waals surface area contributed by atoms with Gasteiger partial charge in [-0.25, -0.2) is 4.39 Å². The second-order valence-corrected chi connectivity index (χ2v) is 12.9. The molecule has 8 nitrogen and oxygen atoms in total. The quantitative estimate of drug-likeness (QED) is 0.230. The molecule has 0 saturated carbocycles. The highest BCUT2D eigenvalue weighted by atomic mass is 32.1. The van der Waals surface area contributed by atoms with Crippen molar-refractivity contribution in [1.82, 2.24) is 14.8 Å². The van der Waals surface area contributed by atoms with Gasteiger partial charge in [-0.1, -0.05) is 19.4 Å². The van der Waals surface area contributed by atoms with Crippen LogP contribution >= 0.6 is 11.3 Å². The summed E-state index contributed by atoms with van der Waals surface area (Å²) in [7, 11) is 0. The Morgan fingerprint density at radius 3 is 2.45 bits per heavy atom. The zero-order valence-corrected chi connectivity index (χ0v) is 26.9. The molecule has 1 N–H and O–H groups in total. The number of likely N-dealkylation sites (tertiary alicyclic amines) is 1. The molecular weight excluding hydrogens is 683 g/mol. The molecule has 3 atom stereocenters. The lowest BCUT2D eigenvalue weighted by Crippen LogP contribution is -2.68. The number of carbonyl (C=O) groups excluding carboxylic acids is 2. The van der Waals surface area contributed by atoms with E-state index in [1.165, 1.54) is 23.1 Å². The van der Waals surface area contributed by atoms with Crippen molar-refractivity contribution in [3.05, 3.63) is 81.1 Å². The third-order valence-electron chi connectivity index (χ3n) is 8.87. The molecule has 1 saturated heterocycles. The number of benzene rings is 1. The molecule has 0 unspecified atom stereocenters. The molecular formula is C33H32F7N3O5S. The summed E-state index contributed by atoms with van der Waals surface area (Å²) in [6.07, 6.45) is -8.77. The molecule has 2 aliphatic rings. The maximum atomic E-state index is 15.1. The Balaban J connectivity index is 1.65. The molecule has 2 aliphatic heterocycles. The molecule has 49 heavy (non-hydrogen) atoms. The zero-order valence-electron chi connectivity index (χ0n) is 26.1. The Morgan fingerprint density at radius 2 is 1.80 bits per heavy atom. The highest BCUT2D eigenvalue weighted by molar-refractivity contribution is 7.10. The number of ether oxygens (including phenoxy) is 1. The van der Waals surface area contributed by atoms with Crippen molar-refractivity contribution >= 4 is 29.1 Å². The molecule has 0 radical (unpaired) electrons. The SMILES string of the molecule is CCC[C@H]1N(C(=O)c2ncccc2C(F)(F)F)CCC[C@@]1(Oc1csc(C(F)(F)F)c1)C(=O)N1CCc2cc(F)ccc2[C@@H]1CCC(=O)O. The lowest BCUT2D eigenvalue weighted by atomic mass is 9.78. The number of rotatable bonds is 9. The number of fused-ring (bicyclic) bond motifs is 1. The second-order valence-electron chi connectivity index (χ2n) is 12.0. The zero-order chi connectivity index (χ0) is 35.7. The largest absolute Gasteiger partial charge is 0.481 e. The van der Waals surface area contributed by atoms with E-state index in [0.29, 0.717) is 35.0 Å². The molecule has 4 heterocycles. The van der Waals surface area contributed by atoms with Crippen molar-refractivity contribution in [3.63, 3.8) is 0 Å². The van der Waals surface area contributed by atoms with Gasteiger partial charge in [0, 0.05) is 43.6 Å². The maximum Gasteiger partial charge on any atom is 0.425 e. The van der Waals surface area contributed by atoms with Crippen molar-refractivity contribution in [2.24, 2.45) is 0 Å². The summed E-state index contributed by atoms with van der Waals surface area (Å²) in [5, 5.41) is 10.6. The Kier molecular flexibility index (Phi) is 10.3. The third-order valence-corrected chi connectivity index (χ3v) is 9.83. The van der Waals surface area contributed by atoms with Gasteiger partial charge in [-0.05, 0) is 61.1 Å². The van der Waals surface area contributed by atoms with Gasteiger partial charge in [0.15, 0.2) is 0 Å². The first-order chi connectivity index (χ1) is 23.1. The third kappa shape index (κ3) is 7.38. The van der Waals surface area contributed by atoms with Gasteiger partial charge >= 0.3 is 18.3 Å². The number of piperidine rings is 1. The monoisotopic (exact) mass is 715 g/mol. The van der Waals surface area contributed by atoms with E-state index in [1.54, 1.807) is 6.92 Å².